The number of rotatable bonds is 9. The quantitative estimate of drug-likeness (QED) is 0.274. The van der Waals surface area contributed by atoms with Gasteiger partial charge in [-0.15, -0.1) is 0 Å². The van der Waals surface area contributed by atoms with E-state index in [0.717, 1.165) is 60.3 Å². The van der Waals surface area contributed by atoms with Crippen LogP contribution >= 0.6 is 0 Å². The van der Waals surface area contributed by atoms with Gasteiger partial charge in [0.2, 0.25) is 5.91 Å². The third kappa shape index (κ3) is 5.70. The summed E-state index contributed by atoms with van der Waals surface area (Å²) in [5.41, 5.74) is 5.06. The molecule has 0 bridgehead atoms. The van der Waals surface area contributed by atoms with Crippen molar-refractivity contribution in [2.24, 2.45) is 7.05 Å². The van der Waals surface area contributed by atoms with Crippen LogP contribution in [0, 0.1) is 0 Å². The highest BCUT2D eigenvalue weighted by Gasteiger charge is 2.23. The highest BCUT2D eigenvalue weighted by atomic mass is 16.5. The van der Waals surface area contributed by atoms with E-state index in [9.17, 15) is 4.79 Å². The van der Waals surface area contributed by atoms with Gasteiger partial charge in [0.25, 0.3) is 0 Å². The second kappa shape index (κ2) is 11.5. The first-order valence-corrected chi connectivity index (χ1v) is 13.1. The van der Waals surface area contributed by atoms with E-state index in [1.165, 1.54) is 12.4 Å². The number of carbonyl (C=O) groups is 1. The molecule has 1 aliphatic heterocycles. The fourth-order valence-electron chi connectivity index (χ4n) is 5.04. The summed E-state index contributed by atoms with van der Waals surface area (Å²) in [4.78, 5) is 23.5. The average Bonchev–Trinajstić information content (AvgIpc) is 3.33. The van der Waals surface area contributed by atoms with Crippen LogP contribution in [0.25, 0.3) is 22.2 Å². The van der Waals surface area contributed by atoms with Crippen LogP contribution in [0.5, 0.6) is 5.75 Å². The summed E-state index contributed by atoms with van der Waals surface area (Å²) < 4.78 is 7.62. The SMILES string of the molecule is C=CC(=O)Nc1cc(Nc2cc(-c3ccc4c(cnn4C)c3)ncn2)c(OC)cc1N1CCC(NCC)CC1. The maximum Gasteiger partial charge on any atom is 0.247 e. The first-order valence-electron chi connectivity index (χ1n) is 13.1. The number of piperidine rings is 1. The van der Waals surface area contributed by atoms with E-state index in [1.807, 2.05) is 48.3 Å². The molecule has 3 heterocycles. The molecule has 1 aliphatic rings. The lowest BCUT2D eigenvalue weighted by atomic mass is 10.0. The molecule has 2 aromatic carbocycles. The molecule has 0 spiro atoms. The molecule has 0 radical (unpaired) electrons. The number of hydrogen-bond donors (Lipinski definition) is 3. The molecule has 5 rings (SSSR count). The Balaban J connectivity index is 1.45. The highest BCUT2D eigenvalue weighted by Crippen LogP contribution is 2.39. The Morgan fingerprint density at radius 3 is 2.72 bits per heavy atom. The Morgan fingerprint density at radius 1 is 1.15 bits per heavy atom. The molecule has 1 fully saturated rings. The van der Waals surface area contributed by atoms with Crippen LogP contribution < -0.4 is 25.6 Å². The monoisotopic (exact) mass is 526 g/mol. The number of nitrogens with one attached hydrogen (secondary N) is 3. The zero-order valence-corrected chi connectivity index (χ0v) is 22.6. The van der Waals surface area contributed by atoms with Gasteiger partial charge in [-0.3, -0.25) is 9.48 Å². The molecular weight excluding hydrogens is 492 g/mol. The van der Waals surface area contributed by atoms with Crippen LogP contribution in [0.3, 0.4) is 0 Å². The van der Waals surface area contributed by atoms with Gasteiger partial charge in [0.1, 0.15) is 17.9 Å². The highest BCUT2D eigenvalue weighted by molar-refractivity contribution is 6.02. The third-order valence-corrected chi connectivity index (χ3v) is 7.06. The Morgan fingerprint density at radius 2 is 1.97 bits per heavy atom. The van der Waals surface area contributed by atoms with Crippen molar-refractivity contribution in [2.45, 2.75) is 25.8 Å². The van der Waals surface area contributed by atoms with Gasteiger partial charge in [-0.05, 0) is 43.7 Å². The largest absolute Gasteiger partial charge is 0.494 e. The molecule has 0 saturated carbocycles. The molecule has 2 aromatic heterocycles. The number of anilines is 4. The summed E-state index contributed by atoms with van der Waals surface area (Å²) >= 11 is 0. The van der Waals surface area contributed by atoms with E-state index in [-0.39, 0.29) is 5.91 Å². The second-order valence-electron chi connectivity index (χ2n) is 9.54. The second-order valence-corrected chi connectivity index (χ2v) is 9.54. The van der Waals surface area contributed by atoms with E-state index in [1.54, 1.807) is 7.11 Å². The van der Waals surface area contributed by atoms with Gasteiger partial charge in [-0.1, -0.05) is 19.6 Å². The van der Waals surface area contributed by atoms with Crippen LogP contribution in [0.15, 0.2) is 61.6 Å². The number of fused-ring (bicyclic) bond motifs is 1. The number of nitrogens with zero attached hydrogens (tertiary/aromatic N) is 5. The first kappa shape index (κ1) is 26.2. The van der Waals surface area contributed by atoms with Gasteiger partial charge in [0.15, 0.2) is 0 Å². The lowest BCUT2D eigenvalue weighted by Crippen LogP contribution is -2.42. The standard InChI is InChI=1S/C29H34N8O2/c1-5-29(38)35-23-14-24(27(39-4)16-26(23)37-11-9-21(10-12-37)30-6-2)34-28-15-22(31-18-32-28)19-7-8-25-20(13-19)17-33-36(25)3/h5,7-8,13-18,21,30H,1,6,9-12H2,2-4H3,(H,35,38)(H,31,32,34). The number of aryl methyl sites for hydroxylation is 1. The van der Waals surface area contributed by atoms with Crippen LogP contribution in [0.4, 0.5) is 22.9 Å². The number of aromatic nitrogens is 4. The van der Waals surface area contributed by atoms with Gasteiger partial charge in [0.05, 0.1) is 41.6 Å². The molecule has 1 saturated heterocycles. The summed E-state index contributed by atoms with van der Waals surface area (Å²) in [7, 11) is 3.56. The van der Waals surface area contributed by atoms with E-state index < -0.39 is 0 Å². The van der Waals surface area contributed by atoms with Gasteiger partial charge in [0, 0.05) is 49.3 Å². The molecule has 0 aliphatic carbocycles. The fourth-order valence-corrected chi connectivity index (χ4v) is 5.04. The van der Waals surface area contributed by atoms with Crippen LogP contribution in [0.1, 0.15) is 19.8 Å². The summed E-state index contributed by atoms with van der Waals surface area (Å²) in [6, 6.07) is 12.4. The Bertz CT molecular complexity index is 1490. The Kier molecular flexibility index (Phi) is 7.74. The third-order valence-electron chi connectivity index (χ3n) is 7.06. The summed E-state index contributed by atoms with van der Waals surface area (Å²) in [5.74, 6) is 0.974. The van der Waals surface area contributed by atoms with Crippen LogP contribution in [-0.4, -0.2) is 58.4 Å². The Hall–Kier alpha value is -4.44. The first-order chi connectivity index (χ1) is 19.0. The minimum Gasteiger partial charge on any atom is -0.494 e. The number of hydrogen-bond acceptors (Lipinski definition) is 8. The van der Waals surface area contributed by atoms with Crippen molar-refractivity contribution in [1.82, 2.24) is 25.1 Å². The molecular formula is C29H34N8O2. The zero-order valence-electron chi connectivity index (χ0n) is 22.6. The van der Waals surface area contributed by atoms with Crippen molar-refractivity contribution in [2.75, 3.05) is 42.3 Å². The van der Waals surface area contributed by atoms with Crippen molar-refractivity contribution < 1.29 is 9.53 Å². The summed E-state index contributed by atoms with van der Waals surface area (Å²) in [6.45, 7) is 8.46. The lowest BCUT2D eigenvalue weighted by Gasteiger charge is -2.35. The molecule has 0 unspecified atom stereocenters. The maximum absolute atomic E-state index is 12.3. The van der Waals surface area contributed by atoms with Gasteiger partial charge < -0.3 is 25.6 Å². The number of benzene rings is 2. The molecule has 4 aromatic rings. The number of ether oxygens (including phenoxy) is 1. The minimum atomic E-state index is -0.273. The van der Waals surface area contributed by atoms with E-state index in [4.69, 9.17) is 4.74 Å². The average molecular weight is 527 g/mol. The number of methoxy groups -OCH3 is 1. The van der Waals surface area contributed by atoms with Gasteiger partial charge in [-0.25, -0.2) is 9.97 Å². The molecule has 10 nitrogen and oxygen atoms in total. The topological polar surface area (TPSA) is 109 Å². The molecule has 39 heavy (non-hydrogen) atoms. The Labute approximate surface area is 228 Å². The minimum absolute atomic E-state index is 0.273. The van der Waals surface area contributed by atoms with E-state index in [2.05, 4.69) is 55.5 Å². The molecule has 10 heteroatoms. The van der Waals surface area contributed by atoms with Gasteiger partial charge in [-0.2, -0.15) is 5.10 Å². The number of carbonyl (C=O) groups excluding carboxylic acids is 1. The van der Waals surface area contributed by atoms with Crippen molar-refractivity contribution >= 4 is 39.7 Å². The summed E-state index contributed by atoms with van der Waals surface area (Å²) in [5, 5.41) is 15.2. The molecule has 202 valence electrons. The van der Waals surface area contributed by atoms with Crippen molar-refractivity contribution in [3.63, 3.8) is 0 Å². The normalized spacial score (nSPS) is 13.9. The molecule has 3 N–H and O–H groups in total. The zero-order chi connectivity index (χ0) is 27.4. The molecule has 1 amide bonds. The predicted octanol–water partition coefficient (Wildman–Crippen LogP) is 4.49. The van der Waals surface area contributed by atoms with Crippen LogP contribution in [0.2, 0.25) is 0 Å². The van der Waals surface area contributed by atoms with Crippen molar-refractivity contribution in [1.29, 1.82) is 0 Å². The van der Waals surface area contributed by atoms with E-state index >= 15 is 0 Å². The number of amides is 1. The smallest absolute Gasteiger partial charge is 0.247 e. The van der Waals surface area contributed by atoms with Crippen LogP contribution in [-0.2, 0) is 11.8 Å². The van der Waals surface area contributed by atoms with Gasteiger partial charge >= 0.3 is 0 Å². The predicted molar refractivity (Wildman–Crippen MR) is 156 cm³/mol. The van der Waals surface area contributed by atoms with Crippen molar-refractivity contribution in [3.05, 3.63) is 61.6 Å². The maximum atomic E-state index is 12.3. The van der Waals surface area contributed by atoms with E-state index in [0.29, 0.717) is 29.0 Å². The molecule has 0 atom stereocenters. The summed E-state index contributed by atoms with van der Waals surface area (Å²) in [6.07, 6.45) is 6.70. The fraction of sp³-hybridized carbons (Fsp3) is 0.310. The lowest BCUT2D eigenvalue weighted by molar-refractivity contribution is -0.111. The van der Waals surface area contributed by atoms with Crippen molar-refractivity contribution in [3.8, 4) is 17.0 Å².